The van der Waals surface area contributed by atoms with Crippen molar-refractivity contribution in [2.75, 3.05) is 7.11 Å². The highest BCUT2D eigenvalue weighted by molar-refractivity contribution is 7.09. The summed E-state index contributed by atoms with van der Waals surface area (Å²) < 4.78 is 5.29. The Labute approximate surface area is 104 Å². The van der Waals surface area contributed by atoms with Gasteiger partial charge < -0.3 is 4.74 Å². The van der Waals surface area contributed by atoms with Crippen LogP contribution in [-0.4, -0.2) is 17.1 Å². The molecule has 0 aliphatic rings. The van der Waals surface area contributed by atoms with E-state index >= 15 is 0 Å². The normalized spacial score (nSPS) is 12.4. The molecule has 0 aliphatic heterocycles. The molecule has 0 amide bonds. The van der Waals surface area contributed by atoms with E-state index < -0.39 is 0 Å². The molecule has 0 saturated carbocycles. The van der Waals surface area contributed by atoms with Crippen molar-refractivity contribution in [1.82, 2.24) is 15.4 Å². The minimum absolute atomic E-state index is 0.196. The lowest BCUT2D eigenvalue weighted by atomic mass is 10.1. The van der Waals surface area contributed by atoms with Crippen LogP contribution in [0.1, 0.15) is 22.3 Å². The highest BCUT2D eigenvalue weighted by atomic mass is 32.1. The van der Waals surface area contributed by atoms with Gasteiger partial charge in [-0.1, -0.05) is 0 Å². The smallest absolute Gasteiger partial charge is 0.142 e. The first-order chi connectivity index (χ1) is 8.27. The van der Waals surface area contributed by atoms with Gasteiger partial charge in [-0.05, 0) is 19.1 Å². The van der Waals surface area contributed by atoms with Gasteiger partial charge in [-0.25, -0.2) is 10.4 Å². The number of rotatable bonds is 4. The summed E-state index contributed by atoms with van der Waals surface area (Å²) in [6.45, 7) is 1.95. The molecule has 0 saturated heterocycles. The number of nitrogens with two attached hydrogens (primary N) is 1. The van der Waals surface area contributed by atoms with E-state index in [4.69, 9.17) is 10.6 Å². The molecule has 5 nitrogen and oxygen atoms in total. The van der Waals surface area contributed by atoms with Crippen LogP contribution in [0.2, 0.25) is 0 Å². The van der Waals surface area contributed by atoms with Gasteiger partial charge in [0.2, 0.25) is 0 Å². The van der Waals surface area contributed by atoms with E-state index in [2.05, 4.69) is 15.4 Å². The minimum Gasteiger partial charge on any atom is -0.495 e. The molecule has 17 heavy (non-hydrogen) atoms. The number of ether oxygens (including phenoxy) is 1. The van der Waals surface area contributed by atoms with Crippen molar-refractivity contribution in [2.45, 2.75) is 13.0 Å². The predicted molar refractivity (Wildman–Crippen MR) is 66.8 cm³/mol. The highest BCUT2D eigenvalue weighted by Gasteiger charge is 2.21. The zero-order valence-corrected chi connectivity index (χ0v) is 10.5. The predicted octanol–water partition coefficient (Wildman–Crippen LogP) is 1.41. The maximum absolute atomic E-state index is 5.62. The van der Waals surface area contributed by atoms with Crippen molar-refractivity contribution >= 4 is 11.3 Å². The Bertz CT molecular complexity index is 500. The molecule has 1 unspecified atom stereocenters. The fraction of sp³-hybridized carbons (Fsp3) is 0.273. The molecule has 2 aromatic rings. The number of pyridine rings is 1. The van der Waals surface area contributed by atoms with Gasteiger partial charge in [-0.15, -0.1) is 11.3 Å². The van der Waals surface area contributed by atoms with Crippen LogP contribution in [0.4, 0.5) is 0 Å². The van der Waals surface area contributed by atoms with E-state index in [0.717, 1.165) is 16.3 Å². The van der Waals surface area contributed by atoms with Crippen LogP contribution >= 0.6 is 11.3 Å². The van der Waals surface area contributed by atoms with E-state index in [9.17, 15) is 0 Å². The second kappa shape index (κ2) is 5.22. The lowest BCUT2D eigenvalue weighted by Gasteiger charge is -2.16. The molecule has 2 rings (SSSR count). The Hall–Kier alpha value is -1.50. The lowest BCUT2D eigenvalue weighted by Crippen LogP contribution is -2.29. The first-order valence-electron chi connectivity index (χ1n) is 5.13. The van der Waals surface area contributed by atoms with E-state index in [1.165, 1.54) is 0 Å². The Balaban J connectivity index is 2.46. The Morgan fingerprint density at radius 1 is 1.47 bits per heavy atom. The summed E-state index contributed by atoms with van der Waals surface area (Å²) in [4.78, 5) is 9.60. The molecule has 0 radical (unpaired) electrons. The van der Waals surface area contributed by atoms with E-state index in [0.29, 0.717) is 5.75 Å². The second-order valence-corrected chi connectivity index (χ2v) is 4.38. The van der Waals surface area contributed by atoms with E-state index in [1.807, 2.05) is 19.1 Å². The first-order valence-corrected chi connectivity index (χ1v) is 6.01. The molecule has 2 heterocycles. The van der Waals surface area contributed by atoms with Crippen LogP contribution in [0.25, 0.3) is 0 Å². The number of hydrazine groups is 1. The summed E-state index contributed by atoms with van der Waals surface area (Å²) in [5, 5.41) is 0. The zero-order chi connectivity index (χ0) is 12.3. The fourth-order valence-corrected chi connectivity index (χ4v) is 2.52. The average molecular weight is 250 g/mol. The summed E-state index contributed by atoms with van der Waals surface area (Å²) in [6.07, 6.45) is 1.72. The van der Waals surface area contributed by atoms with Crippen LogP contribution in [-0.2, 0) is 0 Å². The average Bonchev–Trinajstić information content (AvgIpc) is 2.78. The molecular weight excluding hydrogens is 236 g/mol. The summed E-state index contributed by atoms with van der Waals surface area (Å²) in [5.74, 6) is 6.33. The number of hydrogen-bond acceptors (Lipinski definition) is 6. The standard InChI is InChI=1S/C11H14N4OS/c1-7-11(17-6-14-7)10(15-12)9-8(16-2)4-3-5-13-9/h3-6,10,15H,12H2,1-2H3. The molecule has 1 atom stereocenters. The number of aryl methyl sites for hydroxylation is 1. The van der Waals surface area contributed by atoms with Gasteiger partial charge >= 0.3 is 0 Å². The summed E-state index contributed by atoms with van der Waals surface area (Å²) in [5.41, 5.74) is 6.28. The van der Waals surface area contributed by atoms with Gasteiger partial charge in [-0.2, -0.15) is 0 Å². The lowest BCUT2D eigenvalue weighted by molar-refractivity contribution is 0.400. The molecule has 2 aromatic heterocycles. The van der Waals surface area contributed by atoms with Gasteiger partial charge in [0.15, 0.2) is 0 Å². The molecule has 0 fully saturated rings. The summed E-state index contributed by atoms with van der Waals surface area (Å²) >= 11 is 1.55. The van der Waals surface area contributed by atoms with Crippen LogP contribution in [0.15, 0.2) is 23.8 Å². The van der Waals surface area contributed by atoms with Crippen LogP contribution in [0.3, 0.4) is 0 Å². The number of methoxy groups -OCH3 is 1. The highest BCUT2D eigenvalue weighted by Crippen LogP contribution is 2.31. The van der Waals surface area contributed by atoms with Crippen LogP contribution in [0.5, 0.6) is 5.75 Å². The Morgan fingerprint density at radius 2 is 2.29 bits per heavy atom. The monoisotopic (exact) mass is 250 g/mol. The van der Waals surface area contributed by atoms with Gasteiger partial charge in [0.05, 0.1) is 23.2 Å². The molecule has 0 spiro atoms. The zero-order valence-electron chi connectivity index (χ0n) is 9.68. The Kier molecular flexibility index (Phi) is 3.68. The van der Waals surface area contributed by atoms with E-state index in [1.54, 1.807) is 30.2 Å². The quantitative estimate of drug-likeness (QED) is 0.634. The third-order valence-corrected chi connectivity index (χ3v) is 3.50. The molecule has 0 bridgehead atoms. The van der Waals surface area contributed by atoms with Crippen molar-refractivity contribution in [3.8, 4) is 5.75 Å². The SMILES string of the molecule is COc1cccnc1C(NN)c1scnc1C. The van der Waals surface area contributed by atoms with Crippen LogP contribution in [0, 0.1) is 6.92 Å². The van der Waals surface area contributed by atoms with Crippen molar-refractivity contribution in [2.24, 2.45) is 5.84 Å². The van der Waals surface area contributed by atoms with Crippen molar-refractivity contribution in [3.63, 3.8) is 0 Å². The number of aromatic nitrogens is 2. The van der Waals surface area contributed by atoms with Gasteiger partial charge in [0.1, 0.15) is 17.5 Å². The number of nitrogens with zero attached hydrogens (tertiary/aromatic N) is 2. The molecule has 0 aromatic carbocycles. The van der Waals surface area contributed by atoms with Gasteiger partial charge in [0, 0.05) is 6.20 Å². The molecular formula is C11H14N4OS. The van der Waals surface area contributed by atoms with Gasteiger partial charge in [0.25, 0.3) is 0 Å². The van der Waals surface area contributed by atoms with Crippen molar-refractivity contribution in [1.29, 1.82) is 0 Å². The number of nitrogens with one attached hydrogen (secondary N) is 1. The van der Waals surface area contributed by atoms with Crippen LogP contribution < -0.4 is 16.0 Å². The first kappa shape index (κ1) is 12.0. The fourth-order valence-electron chi connectivity index (χ4n) is 1.66. The number of hydrogen-bond donors (Lipinski definition) is 2. The largest absolute Gasteiger partial charge is 0.495 e. The Morgan fingerprint density at radius 3 is 2.88 bits per heavy atom. The minimum atomic E-state index is -0.196. The second-order valence-electron chi connectivity index (χ2n) is 3.49. The maximum Gasteiger partial charge on any atom is 0.142 e. The molecule has 3 N–H and O–H groups in total. The third-order valence-electron chi connectivity index (χ3n) is 2.50. The topological polar surface area (TPSA) is 73.1 Å². The summed E-state index contributed by atoms with van der Waals surface area (Å²) in [6, 6.07) is 3.50. The summed E-state index contributed by atoms with van der Waals surface area (Å²) in [7, 11) is 1.62. The number of thiazole rings is 1. The van der Waals surface area contributed by atoms with Gasteiger partial charge in [-0.3, -0.25) is 10.8 Å². The maximum atomic E-state index is 5.62. The molecule has 90 valence electrons. The van der Waals surface area contributed by atoms with E-state index in [-0.39, 0.29) is 6.04 Å². The van der Waals surface area contributed by atoms with Crippen molar-refractivity contribution in [3.05, 3.63) is 40.1 Å². The molecule has 6 heteroatoms. The van der Waals surface area contributed by atoms with Crippen molar-refractivity contribution < 1.29 is 4.74 Å². The molecule has 0 aliphatic carbocycles. The third kappa shape index (κ3) is 2.28.